The number of carbonyl (C=O) groups is 2. The minimum Gasteiger partial charge on any atom is -0.343 e. The zero-order valence-corrected chi connectivity index (χ0v) is 15.1. The summed E-state index contributed by atoms with van der Waals surface area (Å²) in [7, 11) is 0. The number of hydrazone groups is 1. The van der Waals surface area contributed by atoms with Crippen molar-refractivity contribution in [2.24, 2.45) is 11.0 Å². The van der Waals surface area contributed by atoms with E-state index in [-0.39, 0.29) is 30.2 Å². The average molecular weight is 355 g/mol. The van der Waals surface area contributed by atoms with Gasteiger partial charge in [0.25, 0.3) is 5.91 Å². The number of thiophene rings is 1. The van der Waals surface area contributed by atoms with E-state index >= 15 is 0 Å². The fraction of sp³-hybridized carbons (Fsp3) is 0.316. The van der Waals surface area contributed by atoms with Crippen molar-refractivity contribution in [3.63, 3.8) is 0 Å². The molecule has 0 bridgehead atoms. The van der Waals surface area contributed by atoms with Crippen LogP contribution < -0.4 is 10.3 Å². The van der Waals surface area contributed by atoms with Crippen molar-refractivity contribution in [1.82, 2.24) is 5.32 Å². The Morgan fingerprint density at radius 2 is 1.92 bits per heavy atom. The van der Waals surface area contributed by atoms with Gasteiger partial charge in [0.1, 0.15) is 5.71 Å². The second kappa shape index (κ2) is 7.61. The molecule has 0 fully saturated rings. The molecule has 1 aromatic heterocycles. The number of rotatable bonds is 5. The van der Waals surface area contributed by atoms with Crippen LogP contribution in [0.2, 0.25) is 0 Å². The lowest BCUT2D eigenvalue weighted by Crippen LogP contribution is -2.41. The Balaban J connectivity index is 1.80. The van der Waals surface area contributed by atoms with Crippen molar-refractivity contribution in [2.75, 3.05) is 5.01 Å². The molecule has 0 aliphatic carbocycles. The van der Waals surface area contributed by atoms with E-state index in [0.717, 1.165) is 4.88 Å². The molecule has 5 nitrogen and oxygen atoms in total. The van der Waals surface area contributed by atoms with E-state index in [1.54, 1.807) is 11.3 Å². The van der Waals surface area contributed by atoms with Gasteiger partial charge in [0, 0.05) is 17.7 Å². The molecule has 0 saturated carbocycles. The van der Waals surface area contributed by atoms with Crippen molar-refractivity contribution >= 4 is 34.6 Å². The molecule has 1 aliphatic heterocycles. The fourth-order valence-electron chi connectivity index (χ4n) is 2.75. The predicted molar refractivity (Wildman–Crippen MR) is 101 cm³/mol. The summed E-state index contributed by atoms with van der Waals surface area (Å²) in [6.07, 6.45) is 0.649. The smallest absolute Gasteiger partial charge is 0.268 e. The third-order valence-corrected chi connectivity index (χ3v) is 5.05. The summed E-state index contributed by atoms with van der Waals surface area (Å²) in [5, 5.41) is 10.7. The van der Waals surface area contributed by atoms with Gasteiger partial charge in [0.2, 0.25) is 5.91 Å². The van der Waals surface area contributed by atoms with E-state index in [0.29, 0.717) is 17.8 Å². The van der Waals surface area contributed by atoms with E-state index in [1.165, 1.54) is 5.01 Å². The van der Waals surface area contributed by atoms with Crippen molar-refractivity contribution in [2.45, 2.75) is 32.7 Å². The molecule has 3 rings (SSSR count). The lowest BCUT2D eigenvalue weighted by Gasteiger charge is -2.25. The molecule has 0 saturated heterocycles. The van der Waals surface area contributed by atoms with Crippen LogP contribution in [-0.4, -0.2) is 17.5 Å². The van der Waals surface area contributed by atoms with Gasteiger partial charge in [-0.05, 0) is 29.5 Å². The number of nitrogens with one attached hydrogen (secondary N) is 1. The lowest BCUT2D eigenvalue weighted by atomic mass is 10.0. The highest BCUT2D eigenvalue weighted by atomic mass is 32.1. The highest BCUT2D eigenvalue weighted by Crippen LogP contribution is 2.26. The Bertz CT molecular complexity index is 769. The summed E-state index contributed by atoms with van der Waals surface area (Å²) in [6, 6.07) is 13.1. The SMILES string of the molecule is CC(C)C(NC(=O)C1=NN(c2ccccc2)C(=O)CC1)c1cccs1. The van der Waals surface area contributed by atoms with Crippen LogP contribution >= 0.6 is 11.3 Å². The summed E-state index contributed by atoms with van der Waals surface area (Å²) in [5.41, 5.74) is 1.07. The molecule has 1 aromatic carbocycles. The molecule has 2 aromatic rings. The molecule has 130 valence electrons. The summed E-state index contributed by atoms with van der Waals surface area (Å²) < 4.78 is 0. The minimum absolute atomic E-state index is 0.0574. The molecule has 2 heterocycles. The van der Waals surface area contributed by atoms with Crippen molar-refractivity contribution in [3.8, 4) is 0 Å². The Morgan fingerprint density at radius 3 is 2.56 bits per heavy atom. The standard InChI is InChI=1S/C19H21N3O2S/c1-13(2)18(16-9-6-12-25-16)20-19(24)15-10-11-17(23)22(21-15)14-7-4-3-5-8-14/h3-9,12-13,18H,10-11H2,1-2H3,(H,20,24). The highest BCUT2D eigenvalue weighted by Gasteiger charge is 2.28. The van der Waals surface area contributed by atoms with Gasteiger partial charge in [-0.15, -0.1) is 11.3 Å². The number of hydrogen-bond acceptors (Lipinski definition) is 4. The summed E-state index contributed by atoms with van der Waals surface area (Å²) >= 11 is 1.63. The van der Waals surface area contributed by atoms with Gasteiger partial charge >= 0.3 is 0 Å². The monoisotopic (exact) mass is 355 g/mol. The summed E-state index contributed by atoms with van der Waals surface area (Å²) in [6.45, 7) is 4.15. The number of benzene rings is 1. The third kappa shape index (κ3) is 3.96. The molecule has 1 aliphatic rings. The van der Waals surface area contributed by atoms with Crippen molar-refractivity contribution in [1.29, 1.82) is 0 Å². The number of hydrogen-bond donors (Lipinski definition) is 1. The van der Waals surface area contributed by atoms with Crippen LogP contribution in [0.3, 0.4) is 0 Å². The number of amides is 2. The summed E-state index contributed by atoms with van der Waals surface area (Å²) in [5.74, 6) is -0.0411. The predicted octanol–water partition coefficient (Wildman–Crippen LogP) is 3.74. The average Bonchev–Trinajstić information content (AvgIpc) is 3.14. The van der Waals surface area contributed by atoms with Crippen LogP contribution in [0.4, 0.5) is 5.69 Å². The van der Waals surface area contributed by atoms with Gasteiger partial charge in [0.15, 0.2) is 0 Å². The van der Waals surface area contributed by atoms with Crippen LogP contribution in [0, 0.1) is 5.92 Å². The molecule has 1 N–H and O–H groups in total. The van der Waals surface area contributed by atoms with Gasteiger partial charge < -0.3 is 5.32 Å². The van der Waals surface area contributed by atoms with Crippen LogP contribution in [0.15, 0.2) is 52.9 Å². The Kier molecular flexibility index (Phi) is 5.28. The molecule has 2 amide bonds. The Labute approximate surface area is 151 Å². The van der Waals surface area contributed by atoms with Crippen LogP contribution in [-0.2, 0) is 9.59 Å². The van der Waals surface area contributed by atoms with Crippen LogP contribution in [0.25, 0.3) is 0 Å². The highest BCUT2D eigenvalue weighted by molar-refractivity contribution is 7.10. The largest absolute Gasteiger partial charge is 0.343 e. The van der Waals surface area contributed by atoms with Crippen LogP contribution in [0.1, 0.15) is 37.6 Å². The molecule has 0 radical (unpaired) electrons. The first-order chi connectivity index (χ1) is 12.1. The first-order valence-corrected chi connectivity index (χ1v) is 9.24. The number of para-hydroxylation sites is 1. The van der Waals surface area contributed by atoms with Gasteiger partial charge in [-0.3, -0.25) is 9.59 Å². The molecular formula is C19H21N3O2S. The summed E-state index contributed by atoms with van der Waals surface area (Å²) in [4.78, 5) is 26.0. The van der Waals surface area contributed by atoms with E-state index < -0.39 is 0 Å². The van der Waals surface area contributed by atoms with Crippen molar-refractivity contribution in [3.05, 3.63) is 52.7 Å². The van der Waals surface area contributed by atoms with E-state index in [2.05, 4.69) is 24.3 Å². The maximum Gasteiger partial charge on any atom is 0.268 e. The Morgan fingerprint density at radius 1 is 1.16 bits per heavy atom. The number of anilines is 1. The maximum absolute atomic E-state index is 12.7. The van der Waals surface area contributed by atoms with E-state index in [1.807, 2.05) is 47.8 Å². The topological polar surface area (TPSA) is 61.8 Å². The molecule has 6 heteroatoms. The Hall–Kier alpha value is -2.47. The van der Waals surface area contributed by atoms with Crippen LogP contribution in [0.5, 0.6) is 0 Å². The second-order valence-electron chi connectivity index (χ2n) is 6.30. The first kappa shape index (κ1) is 17.4. The maximum atomic E-state index is 12.7. The minimum atomic E-state index is -0.208. The normalized spacial score (nSPS) is 15.9. The van der Waals surface area contributed by atoms with Gasteiger partial charge in [-0.25, -0.2) is 5.01 Å². The zero-order chi connectivity index (χ0) is 17.8. The molecule has 1 unspecified atom stereocenters. The van der Waals surface area contributed by atoms with Gasteiger partial charge in [-0.1, -0.05) is 38.1 Å². The number of carbonyl (C=O) groups excluding carboxylic acids is 2. The van der Waals surface area contributed by atoms with Gasteiger partial charge in [-0.2, -0.15) is 5.10 Å². The quantitative estimate of drug-likeness (QED) is 0.888. The zero-order valence-electron chi connectivity index (χ0n) is 14.3. The van der Waals surface area contributed by atoms with Gasteiger partial charge in [0.05, 0.1) is 11.7 Å². The fourth-order valence-corrected chi connectivity index (χ4v) is 3.70. The number of nitrogens with zero attached hydrogens (tertiary/aromatic N) is 2. The first-order valence-electron chi connectivity index (χ1n) is 8.36. The molecular weight excluding hydrogens is 334 g/mol. The van der Waals surface area contributed by atoms with E-state index in [9.17, 15) is 9.59 Å². The van der Waals surface area contributed by atoms with E-state index in [4.69, 9.17) is 0 Å². The molecule has 1 atom stereocenters. The molecule has 0 spiro atoms. The molecule has 25 heavy (non-hydrogen) atoms. The van der Waals surface area contributed by atoms with Crippen molar-refractivity contribution < 1.29 is 9.59 Å². The second-order valence-corrected chi connectivity index (χ2v) is 7.28. The third-order valence-electron chi connectivity index (χ3n) is 4.10. The lowest BCUT2D eigenvalue weighted by molar-refractivity contribution is -0.119.